The van der Waals surface area contributed by atoms with Crippen LogP contribution in [0.1, 0.15) is 16.3 Å². The summed E-state index contributed by atoms with van der Waals surface area (Å²) in [5, 5.41) is 8.56. The third-order valence-electron chi connectivity index (χ3n) is 2.57. The fourth-order valence-electron chi connectivity index (χ4n) is 1.77. The van der Waals surface area contributed by atoms with Gasteiger partial charge in [-0.25, -0.2) is 13.1 Å². The largest absolute Gasteiger partial charge is 0.281 e. The molecule has 2 rings (SSSR count). The van der Waals surface area contributed by atoms with Crippen molar-refractivity contribution in [3.05, 3.63) is 33.8 Å². The number of aryl methyl sites for hydroxylation is 2. The molecule has 2 N–H and O–H groups in total. The van der Waals surface area contributed by atoms with Gasteiger partial charge in [-0.2, -0.15) is 5.10 Å². The number of aromatic amines is 1. The molecule has 2 heterocycles. The lowest BCUT2D eigenvalue weighted by Gasteiger charge is -2.05. The fourth-order valence-corrected chi connectivity index (χ4v) is 3.88. The Kier molecular flexibility index (Phi) is 3.84. The van der Waals surface area contributed by atoms with Crippen molar-refractivity contribution in [1.29, 1.82) is 0 Å². The minimum absolute atomic E-state index is 0.258. The molecule has 0 bridgehead atoms. The molecule has 18 heavy (non-hydrogen) atoms. The molecule has 0 aliphatic rings. The minimum Gasteiger partial charge on any atom is -0.281 e. The predicted octanol–water partition coefficient (Wildman–Crippen LogP) is 1.61. The molecular weight excluding hydrogens is 270 g/mol. The summed E-state index contributed by atoms with van der Waals surface area (Å²) in [6.45, 7) is 3.78. The SMILES string of the molecule is Cc1n[nH]c(C)c1S(=O)(=O)NCCc1cccs1. The van der Waals surface area contributed by atoms with E-state index in [1.807, 2.05) is 17.5 Å². The highest BCUT2D eigenvalue weighted by atomic mass is 32.2. The molecule has 0 amide bonds. The molecule has 0 saturated carbocycles. The maximum Gasteiger partial charge on any atom is 0.244 e. The van der Waals surface area contributed by atoms with Gasteiger partial charge in [0.25, 0.3) is 0 Å². The van der Waals surface area contributed by atoms with Crippen LogP contribution in [0.5, 0.6) is 0 Å². The molecule has 98 valence electrons. The Labute approximate surface area is 110 Å². The summed E-state index contributed by atoms with van der Waals surface area (Å²) < 4.78 is 26.8. The molecule has 0 atom stereocenters. The van der Waals surface area contributed by atoms with E-state index in [1.54, 1.807) is 25.2 Å². The third kappa shape index (κ3) is 2.80. The fraction of sp³-hybridized carbons (Fsp3) is 0.364. The first-order chi connectivity index (χ1) is 8.50. The van der Waals surface area contributed by atoms with Crippen LogP contribution in [0.3, 0.4) is 0 Å². The number of aromatic nitrogens is 2. The van der Waals surface area contributed by atoms with Crippen LogP contribution in [-0.4, -0.2) is 25.2 Å². The number of sulfonamides is 1. The van der Waals surface area contributed by atoms with E-state index in [-0.39, 0.29) is 4.90 Å². The van der Waals surface area contributed by atoms with E-state index in [9.17, 15) is 8.42 Å². The molecule has 0 saturated heterocycles. The Morgan fingerprint density at radius 1 is 1.44 bits per heavy atom. The first-order valence-electron chi connectivity index (χ1n) is 5.54. The zero-order valence-corrected chi connectivity index (χ0v) is 11.9. The molecule has 0 aromatic carbocycles. The van der Waals surface area contributed by atoms with Crippen molar-refractivity contribution in [3.63, 3.8) is 0 Å². The Morgan fingerprint density at radius 3 is 2.78 bits per heavy atom. The van der Waals surface area contributed by atoms with Gasteiger partial charge >= 0.3 is 0 Å². The first kappa shape index (κ1) is 13.3. The van der Waals surface area contributed by atoms with Gasteiger partial charge in [0.05, 0.1) is 11.4 Å². The summed E-state index contributed by atoms with van der Waals surface area (Å²) in [7, 11) is -3.47. The van der Waals surface area contributed by atoms with E-state index in [1.165, 1.54) is 4.88 Å². The third-order valence-corrected chi connectivity index (χ3v) is 5.23. The highest BCUT2D eigenvalue weighted by molar-refractivity contribution is 7.89. The van der Waals surface area contributed by atoms with Gasteiger partial charge in [0.1, 0.15) is 4.90 Å². The first-order valence-corrected chi connectivity index (χ1v) is 7.90. The van der Waals surface area contributed by atoms with Crippen molar-refractivity contribution in [2.24, 2.45) is 0 Å². The van der Waals surface area contributed by atoms with Crippen LogP contribution < -0.4 is 4.72 Å². The maximum absolute atomic E-state index is 12.1. The van der Waals surface area contributed by atoms with Crippen LogP contribution in [0, 0.1) is 13.8 Å². The second-order valence-corrected chi connectivity index (χ2v) is 6.73. The number of nitrogens with one attached hydrogen (secondary N) is 2. The number of hydrogen-bond donors (Lipinski definition) is 2. The topological polar surface area (TPSA) is 74.8 Å². The standard InChI is InChI=1S/C11H15N3O2S2/c1-8-11(9(2)14-13-8)18(15,16)12-6-5-10-4-3-7-17-10/h3-4,7,12H,5-6H2,1-2H3,(H,13,14). The maximum atomic E-state index is 12.1. The van der Waals surface area contributed by atoms with E-state index in [0.717, 1.165) is 0 Å². The van der Waals surface area contributed by atoms with Crippen LogP contribution in [0.15, 0.2) is 22.4 Å². The van der Waals surface area contributed by atoms with Crippen molar-refractivity contribution >= 4 is 21.4 Å². The predicted molar refractivity (Wildman–Crippen MR) is 71.3 cm³/mol. The zero-order valence-electron chi connectivity index (χ0n) is 10.2. The van der Waals surface area contributed by atoms with Gasteiger partial charge in [0, 0.05) is 11.4 Å². The summed E-state index contributed by atoms with van der Waals surface area (Å²) in [6, 6.07) is 3.95. The van der Waals surface area contributed by atoms with Gasteiger partial charge in [0.2, 0.25) is 10.0 Å². The van der Waals surface area contributed by atoms with Crippen molar-refractivity contribution in [2.45, 2.75) is 25.2 Å². The minimum atomic E-state index is -3.47. The van der Waals surface area contributed by atoms with Crippen molar-refractivity contribution in [1.82, 2.24) is 14.9 Å². The molecule has 0 fully saturated rings. The Hall–Kier alpha value is -1.18. The smallest absolute Gasteiger partial charge is 0.244 e. The van der Waals surface area contributed by atoms with Gasteiger partial charge < -0.3 is 0 Å². The molecule has 2 aromatic rings. The van der Waals surface area contributed by atoms with Crippen LogP contribution >= 0.6 is 11.3 Å². The normalized spacial score (nSPS) is 11.9. The van der Waals surface area contributed by atoms with Gasteiger partial charge in [-0.05, 0) is 31.7 Å². The van der Waals surface area contributed by atoms with Crippen LogP contribution in [0.25, 0.3) is 0 Å². The van der Waals surface area contributed by atoms with Crippen LogP contribution in [0.2, 0.25) is 0 Å². The molecular formula is C11H15N3O2S2. The van der Waals surface area contributed by atoms with E-state index < -0.39 is 10.0 Å². The number of H-pyrrole nitrogens is 1. The summed E-state index contributed by atoms with van der Waals surface area (Å²) in [5.41, 5.74) is 1.06. The lowest BCUT2D eigenvalue weighted by atomic mass is 10.3. The second kappa shape index (κ2) is 5.21. The monoisotopic (exact) mass is 285 g/mol. The van der Waals surface area contributed by atoms with Gasteiger partial charge in [-0.15, -0.1) is 11.3 Å². The zero-order chi connectivity index (χ0) is 13.2. The molecule has 0 unspecified atom stereocenters. The average molecular weight is 285 g/mol. The molecule has 0 spiro atoms. The molecule has 2 aromatic heterocycles. The second-order valence-electron chi connectivity index (χ2n) is 3.99. The van der Waals surface area contributed by atoms with Gasteiger partial charge in [-0.1, -0.05) is 6.07 Å². The van der Waals surface area contributed by atoms with Crippen molar-refractivity contribution < 1.29 is 8.42 Å². The molecule has 7 heteroatoms. The van der Waals surface area contributed by atoms with E-state index in [2.05, 4.69) is 14.9 Å². The molecule has 0 aliphatic heterocycles. The highest BCUT2D eigenvalue weighted by Crippen LogP contribution is 2.16. The van der Waals surface area contributed by atoms with Crippen LogP contribution in [-0.2, 0) is 16.4 Å². The van der Waals surface area contributed by atoms with Gasteiger partial charge in [0.15, 0.2) is 0 Å². The summed E-state index contributed by atoms with van der Waals surface area (Å²) in [4.78, 5) is 1.42. The quantitative estimate of drug-likeness (QED) is 0.876. The number of hydrogen-bond acceptors (Lipinski definition) is 4. The van der Waals surface area contributed by atoms with Crippen LogP contribution in [0.4, 0.5) is 0 Å². The molecule has 0 radical (unpaired) electrons. The van der Waals surface area contributed by atoms with E-state index in [0.29, 0.717) is 24.4 Å². The van der Waals surface area contributed by atoms with Crippen molar-refractivity contribution in [2.75, 3.05) is 6.54 Å². The lowest BCUT2D eigenvalue weighted by molar-refractivity contribution is 0.580. The van der Waals surface area contributed by atoms with Crippen molar-refractivity contribution in [3.8, 4) is 0 Å². The number of thiophene rings is 1. The average Bonchev–Trinajstić information content (AvgIpc) is 2.89. The lowest BCUT2D eigenvalue weighted by Crippen LogP contribution is -2.26. The molecule has 0 aliphatic carbocycles. The summed E-state index contributed by atoms with van der Waals surface area (Å²) in [6.07, 6.45) is 0.701. The van der Waals surface area contributed by atoms with E-state index in [4.69, 9.17) is 0 Å². The number of rotatable bonds is 5. The summed E-state index contributed by atoms with van der Waals surface area (Å²) >= 11 is 1.62. The Bertz CT molecular complexity index is 595. The molecule has 5 nitrogen and oxygen atoms in total. The Balaban J connectivity index is 2.04. The summed E-state index contributed by atoms with van der Waals surface area (Å²) in [5.74, 6) is 0. The Morgan fingerprint density at radius 2 is 2.22 bits per heavy atom. The number of nitrogens with zero attached hydrogens (tertiary/aromatic N) is 1. The van der Waals surface area contributed by atoms with E-state index >= 15 is 0 Å². The highest BCUT2D eigenvalue weighted by Gasteiger charge is 2.21. The van der Waals surface area contributed by atoms with Gasteiger partial charge in [-0.3, -0.25) is 5.10 Å².